The van der Waals surface area contributed by atoms with E-state index >= 15 is 0 Å². The number of hydrogen-bond acceptors (Lipinski definition) is 5. The van der Waals surface area contributed by atoms with Gasteiger partial charge in [-0.25, -0.2) is 4.98 Å². The molecule has 0 aliphatic heterocycles. The summed E-state index contributed by atoms with van der Waals surface area (Å²) in [5, 5.41) is 7.44. The normalized spacial score (nSPS) is 10.9. The molecule has 0 radical (unpaired) electrons. The van der Waals surface area contributed by atoms with E-state index in [9.17, 15) is 0 Å². The van der Waals surface area contributed by atoms with Gasteiger partial charge in [-0.2, -0.15) is 14.6 Å². The molecule has 2 heterocycles. The molecule has 0 atom stereocenters. The van der Waals surface area contributed by atoms with Gasteiger partial charge in [0.15, 0.2) is 0 Å². The Balaban J connectivity index is 2.00. The van der Waals surface area contributed by atoms with Gasteiger partial charge in [0.1, 0.15) is 12.1 Å². The van der Waals surface area contributed by atoms with Gasteiger partial charge in [-0.3, -0.25) is 0 Å². The minimum Gasteiger partial charge on any atom is -0.382 e. The molecule has 0 aliphatic carbocycles. The molecule has 0 saturated heterocycles. The Morgan fingerprint density at radius 2 is 2.35 bits per heavy atom. The van der Waals surface area contributed by atoms with Crippen molar-refractivity contribution < 1.29 is 4.74 Å². The molecule has 0 spiro atoms. The second-order valence-electron chi connectivity index (χ2n) is 3.73. The van der Waals surface area contributed by atoms with E-state index in [0.29, 0.717) is 5.78 Å². The maximum atomic E-state index is 5.28. The molecular formula is C11H17N5O. The van der Waals surface area contributed by atoms with Crippen molar-refractivity contribution in [2.75, 3.05) is 25.1 Å². The van der Waals surface area contributed by atoms with Crippen LogP contribution in [0, 0.1) is 6.92 Å². The number of rotatable bonds is 6. The summed E-state index contributed by atoms with van der Waals surface area (Å²) in [5.41, 5.74) is 0.929. The molecule has 92 valence electrons. The third kappa shape index (κ3) is 2.91. The van der Waals surface area contributed by atoms with E-state index in [2.05, 4.69) is 20.4 Å². The Morgan fingerprint density at radius 3 is 3.18 bits per heavy atom. The zero-order chi connectivity index (χ0) is 12.1. The van der Waals surface area contributed by atoms with Crippen LogP contribution in [-0.2, 0) is 4.74 Å². The second-order valence-corrected chi connectivity index (χ2v) is 3.73. The summed E-state index contributed by atoms with van der Waals surface area (Å²) < 4.78 is 6.98. The lowest BCUT2D eigenvalue weighted by Gasteiger charge is -2.08. The third-order valence-corrected chi connectivity index (χ3v) is 2.36. The molecular weight excluding hydrogens is 218 g/mol. The van der Waals surface area contributed by atoms with E-state index in [1.54, 1.807) is 4.52 Å². The van der Waals surface area contributed by atoms with Crippen LogP contribution in [0.1, 0.15) is 19.0 Å². The van der Waals surface area contributed by atoms with Gasteiger partial charge in [0.2, 0.25) is 0 Å². The number of nitrogens with one attached hydrogen (secondary N) is 1. The lowest BCUT2D eigenvalue weighted by Crippen LogP contribution is -2.10. The van der Waals surface area contributed by atoms with Gasteiger partial charge in [-0.05, 0) is 20.3 Å². The van der Waals surface area contributed by atoms with Crippen molar-refractivity contribution in [1.82, 2.24) is 19.6 Å². The molecule has 2 aromatic heterocycles. The fraction of sp³-hybridized carbons (Fsp3) is 0.545. The highest BCUT2D eigenvalue weighted by atomic mass is 16.5. The molecule has 17 heavy (non-hydrogen) atoms. The zero-order valence-electron chi connectivity index (χ0n) is 10.2. The average molecular weight is 235 g/mol. The second kappa shape index (κ2) is 5.58. The lowest BCUT2D eigenvalue weighted by atomic mass is 10.4. The molecule has 0 unspecified atom stereocenters. The van der Waals surface area contributed by atoms with Gasteiger partial charge >= 0.3 is 0 Å². The van der Waals surface area contributed by atoms with Crippen molar-refractivity contribution in [2.45, 2.75) is 20.3 Å². The standard InChI is InChI=1S/C11H17N5O/c1-3-17-6-4-5-12-10-7-9(2)15-11-13-8-14-16(10)11/h7-8,12H,3-6H2,1-2H3. The SMILES string of the molecule is CCOCCCNc1cc(C)nc2ncnn12. The topological polar surface area (TPSA) is 64.3 Å². The van der Waals surface area contributed by atoms with Gasteiger partial charge < -0.3 is 10.1 Å². The molecule has 0 aromatic carbocycles. The van der Waals surface area contributed by atoms with Crippen molar-refractivity contribution in [2.24, 2.45) is 0 Å². The monoisotopic (exact) mass is 235 g/mol. The Morgan fingerprint density at radius 1 is 1.47 bits per heavy atom. The first-order valence-corrected chi connectivity index (χ1v) is 5.80. The van der Waals surface area contributed by atoms with Gasteiger partial charge in [0.05, 0.1) is 0 Å². The van der Waals surface area contributed by atoms with E-state index in [4.69, 9.17) is 4.74 Å². The predicted octanol–water partition coefficient (Wildman–Crippen LogP) is 1.27. The molecule has 6 nitrogen and oxygen atoms in total. The van der Waals surface area contributed by atoms with Crippen LogP contribution in [0.3, 0.4) is 0 Å². The largest absolute Gasteiger partial charge is 0.382 e. The maximum Gasteiger partial charge on any atom is 0.254 e. The van der Waals surface area contributed by atoms with Gasteiger partial charge in [-0.15, -0.1) is 0 Å². The molecule has 2 rings (SSSR count). The molecule has 6 heteroatoms. The average Bonchev–Trinajstić information content (AvgIpc) is 2.76. The Bertz CT molecular complexity index is 482. The summed E-state index contributed by atoms with van der Waals surface area (Å²) in [6, 6.07) is 1.96. The van der Waals surface area contributed by atoms with Crippen LogP contribution in [0.15, 0.2) is 12.4 Å². The van der Waals surface area contributed by atoms with E-state index in [-0.39, 0.29) is 0 Å². The van der Waals surface area contributed by atoms with Crippen molar-refractivity contribution in [3.05, 3.63) is 18.1 Å². The first-order valence-electron chi connectivity index (χ1n) is 5.80. The fourth-order valence-electron chi connectivity index (χ4n) is 1.59. The number of hydrogen-bond donors (Lipinski definition) is 1. The van der Waals surface area contributed by atoms with Gasteiger partial charge in [-0.1, -0.05) is 0 Å². The van der Waals surface area contributed by atoms with Crippen LogP contribution in [0.4, 0.5) is 5.82 Å². The molecule has 0 amide bonds. The molecule has 1 N–H and O–H groups in total. The first kappa shape index (κ1) is 11.8. The predicted molar refractivity (Wildman–Crippen MR) is 65.1 cm³/mol. The summed E-state index contributed by atoms with van der Waals surface area (Å²) >= 11 is 0. The van der Waals surface area contributed by atoms with Crippen molar-refractivity contribution in [1.29, 1.82) is 0 Å². The first-order chi connectivity index (χ1) is 8.31. The van der Waals surface area contributed by atoms with E-state index in [0.717, 1.165) is 37.7 Å². The lowest BCUT2D eigenvalue weighted by molar-refractivity contribution is 0.147. The summed E-state index contributed by atoms with van der Waals surface area (Å²) in [6.07, 6.45) is 2.47. The molecule has 0 fully saturated rings. The highest BCUT2D eigenvalue weighted by Gasteiger charge is 2.04. The Hall–Kier alpha value is -1.69. The molecule has 0 aliphatic rings. The molecule has 0 saturated carbocycles. The Kier molecular flexibility index (Phi) is 3.87. The summed E-state index contributed by atoms with van der Waals surface area (Å²) in [4.78, 5) is 8.35. The van der Waals surface area contributed by atoms with Crippen LogP contribution in [0.2, 0.25) is 0 Å². The zero-order valence-corrected chi connectivity index (χ0v) is 10.2. The van der Waals surface area contributed by atoms with E-state index in [1.807, 2.05) is 19.9 Å². The molecule has 2 aromatic rings. The third-order valence-electron chi connectivity index (χ3n) is 2.36. The quantitative estimate of drug-likeness (QED) is 0.764. The Labute approximate surface area is 100 Å². The van der Waals surface area contributed by atoms with E-state index < -0.39 is 0 Å². The number of fused-ring (bicyclic) bond motifs is 1. The van der Waals surface area contributed by atoms with Crippen LogP contribution in [-0.4, -0.2) is 39.3 Å². The minimum absolute atomic E-state index is 0.623. The number of ether oxygens (including phenoxy) is 1. The molecule has 0 bridgehead atoms. The number of aryl methyl sites for hydroxylation is 1. The highest BCUT2D eigenvalue weighted by molar-refractivity contribution is 5.44. The van der Waals surface area contributed by atoms with Crippen LogP contribution in [0.25, 0.3) is 5.78 Å². The number of nitrogens with zero attached hydrogens (tertiary/aromatic N) is 4. The van der Waals surface area contributed by atoms with Crippen molar-refractivity contribution in [3.8, 4) is 0 Å². The number of aromatic nitrogens is 4. The van der Waals surface area contributed by atoms with Gasteiger partial charge in [0.25, 0.3) is 5.78 Å². The van der Waals surface area contributed by atoms with Crippen molar-refractivity contribution >= 4 is 11.6 Å². The maximum absolute atomic E-state index is 5.28. The summed E-state index contributed by atoms with van der Waals surface area (Å²) in [6.45, 7) is 6.33. The highest BCUT2D eigenvalue weighted by Crippen LogP contribution is 2.09. The van der Waals surface area contributed by atoms with Crippen LogP contribution in [0.5, 0.6) is 0 Å². The number of anilines is 1. The van der Waals surface area contributed by atoms with Gasteiger partial charge in [0, 0.05) is 31.5 Å². The van der Waals surface area contributed by atoms with Crippen LogP contribution >= 0.6 is 0 Å². The van der Waals surface area contributed by atoms with Crippen LogP contribution < -0.4 is 5.32 Å². The summed E-state index contributed by atoms with van der Waals surface area (Å²) in [7, 11) is 0. The minimum atomic E-state index is 0.623. The smallest absolute Gasteiger partial charge is 0.254 e. The summed E-state index contributed by atoms with van der Waals surface area (Å²) in [5.74, 6) is 1.54. The van der Waals surface area contributed by atoms with Crippen molar-refractivity contribution in [3.63, 3.8) is 0 Å². The van der Waals surface area contributed by atoms with E-state index in [1.165, 1.54) is 6.33 Å². The fourth-order valence-corrected chi connectivity index (χ4v) is 1.59.